The summed E-state index contributed by atoms with van der Waals surface area (Å²) in [5.41, 5.74) is 4.31. The molecule has 1 fully saturated rings. The molecule has 0 saturated carbocycles. The molecule has 0 radical (unpaired) electrons. The maximum atomic E-state index is 11.8. The number of H-pyrrole nitrogens is 1. The van der Waals surface area contributed by atoms with Crippen LogP contribution in [-0.4, -0.2) is 49.9 Å². The molecule has 1 aliphatic rings. The molecule has 1 atom stereocenters. The van der Waals surface area contributed by atoms with Crippen molar-refractivity contribution in [2.24, 2.45) is 5.92 Å². The monoisotopic (exact) mass is 412 g/mol. The van der Waals surface area contributed by atoms with Crippen LogP contribution in [0.5, 0.6) is 0 Å². The Bertz CT molecular complexity index is 1090. The smallest absolute Gasteiger partial charge is 0.231 e. The number of nitrogens with one attached hydrogen (secondary N) is 1. The SMILES string of the molecule is CN(c1cccc(CN2CCC[C@@H](Cc3ccc4[nH]ncc4c3)C2)c1)S(C)(=O)=O. The van der Waals surface area contributed by atoms with Gasteiger partial charge in [-0.05, 0) is 67.1 Å². The predicted octanol–water partition coefficient (Wildman–Crippen LogP) is 3.41. The Morgan fingerprint density at radius 3 is 2.90 bits per heavy atom. The molecule has 3 aromatic rings. The first-order valence-electron chi connectivity index (χ1n) is 10.1. The molecule has 0 amide bonds. The molecule has 0 aliphatic carbocycles. The first-order valence-corrected chi connectivity index (χ1v) is 11.9. The van der Waals surface area contributed by atoms with E-state index in [1.807, 2.05) is 24.4 Å². The molecule has 154 valence electrons. The van der Waals surface area contributed by atoms with Gasteiger partial charge in [-0.15, -0.1) is 0 Å². The molecule has 0 spiro atoms. The highest BCUT2D eigenvalue weighted by atomic mass is 32.2. The first-order chi connectivity index (χ1) is 13.9. The molecule has 1 N–H and O–H groups in total. The Labute approximate surface area is 172 Å². The fourth-order valence-electron chi connectivity index (χ4n) is 4.21. The number of nitrogens with zero attached hydrogens (tertiary/aromatic N) is 3. The van der Waals surface area contributed by atoms with Crippen molar-refractivity contribution < 1.29 is 8.42 Å². The number of aromatic nitrogens is 2. The lowest BCUT2D eigenvalue weighted by Gasteiger charge is -2.33. The summed E-state index contributed by atoms with van der Waals surface area (Å²) in [6.45, 7) is 3.00. The third kappa shape index (κ3) is 4.79. The van der Waals surface area contributed by atoms with Crippen LogP contribution in [-0.2, 0) is 23.0 Å². The number of benzene rings is 2. The fourth-order valence-corrected chi connectivity index (χ4v) is 4.71. The zero-order valence-corrected chi connectivity index (χ0v) is 17.8. The number of rotatable bonds is 6. The maximum absolute atomic E-state index is 11.8. The van der Waals surface area contributed by atoms with Crippen molar-refractivity contribution in [1.29, 1.82) is 0 Å². The quantitative estimate of drug-likeness (QED) is 0.674. The highest BCUT2D eigenvalue weighted by Gasteiger charge is 2.21. The van der Waals surface area contributed by atoms with E-state index >= 15 is 0 Å². The molecule has 29 heavy (non-hydrogen) atoms. The topological polar surface area (TPSA) is 69.3 Å². The van der Waals surface area contributed by atoms with Crippen molar-refractivity contribution >= 4 is 26.6 Å². The van der Waals surface area contributed by atoms with Crippen molar-refractivity contribution in [3.63, 3.8) is 0 Å². The summed E-state index contributed by atoms with van der Waals surface area (Å²) in [5.74, 6) is 0.634. The van der Waals surface area contributed by atoms with Crippen molar-refractivity contribution in [2.75, 3.05) is 30.7 Å². The van der Waals surface area contributed by atoms with Gasteiger partial charge in [-0.3, -0.25) is 14.3 Å². The van der Waals surface area contributed by atoms with Gasteiger partial charge in [-0.25, -0.2) is 8.42 Å². The molecular formula is C22H28N4O2S. The maximum Gasteiger partial charge on any atom is 0.231 e. The summed E-state index contributed by atoms with van der Waals surface area (Å²) >= 11 is 0. The molecule has 6 nitrogen and oxygen atoms in total. The van der Waals surface area contributed by atoms with Gasteiger partial charge in [0.15, 0.2) is 0 Å². The number of anilines is 1. The van der Waals surface area contributed by atoms with Crippen LogP contribution in [0.25, 0.3) is 10.9 Å². The third-order valence-electron chi connectivity index (χ3n) is 5.81. The van der Waals surface area contributed by atoms with Gasteiger partial charge in [0, 0.05) is 25.5 Å². The van der Waals surface area contributed by atoms with Gasteiger partial charge >= 0.3 is 0 Å². The third-order valence-corrected chi connectivity index (χ3v) is 7.02. The van der Waals surface area contributed by atoms with E-state index in [0.717, 1.165) is 37.1 Å². The van der Waals surface area contributed by atoms with Crippen LogP contribution in [0.4, 0.5) is 5.69 Å². The largest absolute Gasteiger partial charge is 0.299 e. The number of likely N-dealkylation sites (tertiary alicyclic amines) is 1. The van der Waals surface area contributed by atoms with Gasteiger partial charge in [0.2, 0.25) is 10.0 Å². The van der Waals surface area contributed by atoms with Crippen LogP contribution in [0.2, 0.25) is 0 Å². The number of aromatic amines is 1. The molecular weight excluding hydrogens is 384 g/mol. The zero-order valence-electron chi connectivity index (χ0n) is 17.0. The van der Waals surface area contributed by atoms with Gasteiger partial charge in [0.1, 0.15) is 0 Å². The fraction of sp³-hybridized carbons (Fsp3) is 0.409. The second kappa shape index (κ2) is 8.16. The average Bonchev–Trinajstić information content (AvgIpc) is 3.15. The molecule has 4 rings (SSSR count). The molecule has 2 aromatic carbocycles. The van der Waals surface area contributed by atoms with E-state index in [-0.39, 0.29) is 0 Å². The van der Waals surface area contributed by atoms with E-state index < -0.39 is 10.0 Å². The van der Waals surface area contributed by atoms with Crippen molar-refractivity contribution in [3.8, 4) is 0 Å². The van der Waals surface area contributed by atoms with Crippen LogP contribution in [0, 0.1) is 5.92 Å². The summed E-state index contributed by atoms with van der Waals surface area (Å²) in [4.78, 5) is 2.49. The lowest BCUT2D eigenvalue weighted by molar-refractivity contribution is 0.167. The van der Waals surface area contributed by atoms with Crippen molar-refractivity contribution in [2.45, 2.75) is 25.8 Å². The highest BCUT2D eigenvalue weighted by molar-refractivity contribution is 7.92. The Morgan fingerprint density at radius 2 is 2.07 bits per heavy atom. The number of piperidine rings is 1. The van der Waals surface area contributed by atoms with Crippen LogP contribution >= 0.6 is 0 Å². The van der Waals surface area contributed by atoms with Crippen LogP contribution in [0.15, 0.2) is 48.7 Å². The predicted molar refractivity (Wildman–Crippen MR) is 117 cm³/mol. The Hall–Kier alpha value is -2.38. The molecule has 1 saturated heterocycles. The lowest BCUT2D eigenvalue weighted by Crippen LogP contribution is -2.35. The lowest BCUT2D eigenvalue weighted by atomic mass is 9.90. The number of sulfonamides is 1. The van der Waals surface area contributed by atoms with Gasteiger partial charge in [-0.2, -0.15) is 5.10 Å². The molecule has 1 aromatic heterocycles. The summed E-state index contributed by atoms with van der Waals surface area (Å²) in [6.07, 6.45) is 6.63. The van der Waals surface area contributed by atoms with Gasteiger partial charge in [-0.1, -0.05) is 18.2 Å². The Kier molecular flexibility index (Phi) is 5.61. The minimum Gasteiger partial charge on any atom is -0.299 e. The van der Waals surface area contributed by atoms with E-state index in [0.29, 0.717) is 11.6 Å². The minimum absolute atomic E-state index is 0.634. The molecule has 0 bridgehead atoms. The average molecular weight is 413 g/mol. The number of hydrogen-bond donors (Lipinski definition) is 1. The second-order valence-electron chi connectivity index (χ2n) is 8.14. The van der Waals surface area contributed by atoms with Gasteiger partial charge in [0.05, 0.1) is 23.7 Å². The number of hydrogen-bond acceptors (Lipinski definition) is 4. The summed E-state index contributed by atoms with van der Waals surface area (Å²) in [5, 5.41) is 8.28. The second-order valence-corrected chi connectivity index (χ2v) is 10.2. The van der Waals surface area contributed by atoms with E-state index in [9.17, 15) is 8.42 Å². The normalized spacial score (nSPS) is 18.2. The van der Waals surface area contributed by atoms with Crippen LogP contribution < -0.4 is 4.31 Å². The molecule has 1 aliphatic heterocycles. The molecule has 7 heteroatoms. The number of fused-ring (bicyclic) bond motifs is 1. The first kappa shape index (κ1) is 19.9. The highest BCUT2D eigenvalue weighted by Crippen LogP contribution is 2.25. The summed E-state index contributed by atoms with van der Waals surface area (Å²) < 4.78 is 25.0. The minimum atomic E-state index is -3.25. The van der Waals surface area contributed by atoms with E-state index in [4.69, 9.17) is 0 Å². The van der Waals surface area contributed by atoms with Crippen LogP contribution in [0.1, 0.15) is 24.0 Å². The van der Waals surface area contributed by atoms with Crippen LogP contribution in [0.3, 0.4) is 0 Å². The summed E-state index contributed by atoms with van der Waals surface area (Å²) in [6, 6.07) is 14.4. The Morgan fingerprint density at radius 1 is 1.21 bits per heavy atom. The van der Waals surface area contributed by atoms with Crippen molar-refractivity contribution in [1.82, 2.24) is 15.1 Å². The van der Waals surface area contributed by atoms with E-state index in [2.05, 4.69) is 39.4 Å². The van der Waals surface area contributed by atoms with Gasteiger partial charge in [0.25, 0.3) is 0 Å². The zero-order chi connectivity index (χ0) is 20.4. The van der Waals surface area contributed by atoms with E-state index in [1.54, 1.807) is 7.05 Å². The standard InChI is InChI=1S/C22H28N4O2S/c1-25(29(2,27)28)21-7-3-5-19(13-21)16-26-10-4-6-18(15-26)11-17-8-9-22-20(12-17)14-23-24-22/h3,5,7-9,12-14,18H,4,6,10-11,15-16H2,1-2H3,(H,23,24)/t18-/m0/s1. The molecule has 0 unspecified atom stereocenters. The summed E-state index contributed by atoms with van der Waals surface area (Å²) in [7, 11) is -1.65. The Balaban J connectivity index is 1.41. The molecule has 2 heterocycles. The van der Waals surface area contributed by atoms with Crippen molar-refractivity contribution in [3.05, 3.63) is 59.8 Å². The van der Waals surface area contributed by atoms with Gasteiger partial charge < -0.3 is 0 Å². The van der Waals surface area contributed by atoms with E-state index in [1.165, 1.54) is 34.4 Å².